The highest BCUT2D eigenvalue weighted by molar-refractivity contribution is 7.89. The Bertz CT molecular complexity index is 769. The number of halogens is 2. The Labute approximate surface area is 154 Å². The molecule has 4 bridgehead atoms. The van der Waals surface area contributed by atoms with Gasteiger partial charge >= 0.3 is 0 Å². The maximum Gasteiger partial charge on any atom is 0.241 e. The van der Waals surface area contributed by atoms with Gasteiger partial charge in [-0.15, -0.1) is 0 Å². The van der Waals surface area contributed by atoms with E-state index in [0.29, 0.717) is 16.0 Å². The quantitative estimate of drug-likeness (QED) is 0.790. The van der Waals surface area contributed by atoms with E-state index in [0.717, 1.165) is 19.3 Å². The summed E-state index contributed by atoms with van der Waals surface area (Å²) in [5, 5.41) is 0.680. The van der Waals surface area contributed by atoms with Gasteiger partial charge in [-0.25, -0.2) is 13.1 Å². The zero-order valence-electron chi connectivity index (χ0n) is 14.0. The van der Waals surface area contributed by atoms with E-state index < -0.39 is 10.0 Å². The van der Waals surface area contributed by atoms with Gasteiger partial charge in [0.2, 0.25) is 10.0 Å². The molecule has 1 aromatic rings. The molecule has 0 radical (unpaired) electrons. The van der Waals surface area contributed by atoms with Gasteiger partial charge < -0.3 is 0 Å². The third-order valence-corrected chi connectivity index (χ3v) is 8.12. The van der Waals surface area contributed by atoms with Crippen molar-refractivity contribution in [2.45, 2.75) is 62.8 Å². The van der Waals surface area contributed by atoms with E-state index in [1.165, 1.54) is 31.4 Å². The SMILES string of the molecule is CC12CC3CC(C)(C1)CC(NS(=O)(=O)c1cc(Cl)cc(Cl)c1)(C3)C2. The van der Waals surface area contributed by atoms with Crippen LogP contribution < -0.4 is 4.72 Å². The number of nitrogens with one attached hydrogen (secondary N) is 1. The predicted octanol–water partition coefficient (Wildman–Crippen LogP) is 5.02. The Morgan fingerprint density at radius 1 is 0.958 bits per heavy atom. The minimum Gasteiger partial charge on any atom is -0.207 e. The van der Waals surface area contributed by atoms with Gasteiger partial charge in [-0.05, 0) is 73.5 Å². The largest absolute Gasteiger partial charge is 0.241 e. The number of hydrogen-bond donors (Lipinski definition) is 1. The summed E-state index contributed by atoms with van der Waals surface area (Å²) in [6.45, 7) is 4.66. The van der Waals surface area contributed by atoms with Gasteiger partial charge in [-0.1, -0.05) is 37.0 Å². The highest BCUT2D eigenvalue weighted by Gasteiger charge is 2.61. The lowest BCUT2D eigenvalue weighted by molar-refractivity contribution is -0.110. The molecule has 1 N–H and O–H groups in total. The molecule has 2 atom stereocenters. The molecule has 0 spiro atoms. The first-order valence-corrected chi connectivity index (χ1v) is 10.7. The monoisotopic (exact) mass is 387 g/mol. The van der Waals surface area contributed by atoms with Crippen LogP contribution in [0.15, 0.2) is 23.1 Å². The maximum absolute atomic E-state index is 13.0. The first-order valence-electron chi connectivity index (χ1n) is 8.51. The molecule has 4 fully saturated rings. The first kappa shape index (κ1) is 17.1. The van der Waals surface area contributed by atoms with Crippen molar-refractivity contribution in [3.63, 3.8) is 0 Å². The second-order valence-electron chi connectivity index (χ2n) is 9.12. The summed E-state index contributed by atoms with van der Waals surface area (Å²) in [4.78, 5) is 0.158. The molecule has 4 aliphatic carbocycles. The third-order valence-electron chi connectivity index (χ3n) is 6.12. The number of hydrogen-bond acceptors (Lipinski definition) is 2. The van der Waals surface area contributed by atoms with Crippen molar-refractivity contribution in [3.05, 3.63) is 28.2 Å². The lowest BCUT2D eigenvalue weighted by Gasteiger charge is -2.65. The maximum atomic E-state index is 13.0. The van der Waals surface area contributed by atoms with Crippen LogP contribution in [0.1, 0.15) is 52.4 Å². The average molecular weight is 388 g/mol. The molecule has 132 valence electrons. The molecule has 24 heavy (non-hydrogen) atoms. The lowest BCUT2D eigenvalue weighted by atomic mass is 9.43. The molecular formula is C18H23Cl2NO2S. The molecule has 0 saturated heterocycles. The Morgan fingerprint density at radius 3 is 2.00 bits per heavy atom. The van der Waals surface area contributed by atoms with Crippen molar-refractivity contribution in [3.8, 4) is 0 Å². The molecule has 6 heteroatoms. The number of rotatable bonds is 3. The summed E-state index contributed by atoms with van der Waals surface area (Å²) in [5.41, 5.74) is 0.182. The van der Waals surface area contributed by atoms with Gasteiger partial charge in [-0.3, -0.25) is 0 Å². The van der Waals surface area contributed by atoms with Crippen LogP contribution in [0.3, 0.4) is 0 Å². The summed E-state index contributed by atoms with van der Waals surface area (Å²) in [5.74, 6) is 0.627. The van der Waals surface area contributed by atoms with E-state index >= 15 is 0 Å². The summed E-state index contributed by atoms with van der Waals surface area (Å²) in [7, 11) is -3.64. The van der Waals surface area contributed by atoms with Crippen LogP contribution in [0.2, 0.25) is 10.0 Å². The molecule has 0 amide bonds. The molecular weight excluding hydrogens is 365 g/mol. The topological polar surface area (TPSA) is 46.2 Å². The fraction of sp³-hybridized carbons (Fsp3) is 0.667. The molecule has 0 aliphatic heterocycles. The highest BCUT2D eigenvalue weighted by Crippen LogP contribution is 2.66. The second-order valence-corrected chi connectivity index (χ2v) is 11.7. The van der Waals surface area contributed by atoms with Crippen LogP contribution in [-0.2, 0) is 10.0 Å². The van der Waals surface area contributed by atoms with Crippen LogP contribution in [0, 0.1) is 16.7 Å². The first-order chi connectivity index (χ1) is 11.0. The van der Waals surface area contributed by atoms with Gasteiger partial charge in [0.15, 0.2) is 0 Å². The molecule has 1 aromatic carbocycles. The molecule has 0 aromatic heterocycles. The molecule has 5 rings (SSSR count). The van der Waals surface area contributed by atoms with E-state index in [-0.39, 0.29) is 21.3 Å². The van der Waals surface area contributed by atoms with E-state index in [4.69, 9.17) is 23.2 Å². The minimum absolute atomic E-state index is 0.158. The van der Waals surface area contributed by atoms with Crippen LogP contribution in [0.5, 0.6) is 0 Å². The van der Waals surface area contributed by atoms with Crippen LogP contribution >= 0.6 is 23.2 Å². The van der Waals surface area contributed by atoms with E-state index in [9.17, 15) is 8.42 Å². The van der Waals surface area contributed by atoms with Crippen molar-refractivity contribution in [1.82, 2.24) is 4.72 Å². The van der Waals surface area contributed by atoms with Gasteiger partial charge in [0, 0.05) is 15.6 Å². The van der Waals surface area contributed by atoms with Crippen molar-refractivity contribution in [1.29, 1.82) is 0 Å². The normalized spacial score (nSPS) is 40.9. The summed E-state index contributed by atoms with van der Waals surface area (Å²) in [6.07, 6.45) is 6.48. The van der Waals surface area contributed by atoms with Gasteiger partial charge in [0.05, 0.1) is 4.90 Å². The molecule has 3 nitrogen and oxygen atoms in total. The highest BCUT2D eigenvalue weighted by atomic mass is 35.5. The van der Waals surface area contributed by atoms with Crippen LogP contribution in [0.4, 0.5) is 0 Å². The second kappa shape index (κ2) is 5.12. The summed E-state index contributed by atoms with van der Waals surface area (Å²) < 4.78 is 29.1. The standard InChI is InChI=1S/C18H23Cl2NO2S/c1-16-6-12-7-17(2,9-16)11-18(8-12,10-16)21-24(22,23)15-4-13(19)3-14(20)5-15/h3-5,12,21H,6-11H2,1-2H3. The Hall–Kier alpha value is -0.290. The van der Waals surface area contributed by atoms with Gasteiger partial charge in [-0.2, -0.15) is 0 Å². The van der Waals surface area contributed by atoms with E-state index in [1.54, 1.807) is 6.07 Å². The minimum atomic E-state index is -3.64. The van der Waals surface area contributed by atoms with Gasteiger partial charge in [0.25, 0.3) is 0 Å². The average Bonchev–Trinajstić information content (AvgIpc) is 2.31. The predicted molar refractivity (Wildman–Crippen MR) is 96.9 cm³/mol. The number of benzene rings is 1. The zero-order valence-corrected chi connectivity index (χ0v) is 16.4. The Balaban J connectivity index is 1.69. The van der Waals surface area contributed by atoms with Crippen LogP contribution in [-0.4, -0.2) is 14.0 Å². The van der Waals surface area contributed by atoms with Crippen molar-refractivity contribution in [2.75, 3.05) is 0 Å². The molecule has 0 heterocycles. The Kier molecular flexibility index (Phi) is 3.66. The fourth-order valence-corrected chi connectivity index (χ4v) is 8.72. The zero-order chi connectivity index (χ0) is 17.4. The smallest absolute Gasteiger partial charge is 0.207 e. The third kappa shape index (κ3) is 2.90. The van der Waals surface area contributed by atoms with Crippen LogP contribution in [0.25, 0.3) is 0 Å². The molecule has 4 saturated carbocycles. The van der Waals surface area contributed by atoms with Crippen molar-refractivity contribution >= 4 is 33.2 Å². The molecule has 4 aliphatic rings. The Morgan fingerprint density at radius 2 is 1.50 bits per heavy atom. The fourth-order valence-electron chi connectivity index (χ4n) is 6.59. The van der Waals surface area contributed by atoms with Gasteiger partial charge in [0.1, 0.15) is 0 Å². The van der Waals surface area contributed by atoms with E-state index in [1.807, 2.05) is 0 Å². The van der Waals surface area contributed by atoms with Crippen molar-refractivity contribution in [2.24, 2.45) is 16.7 Å². The molecule has 2 unspecified atom stereocenters. The lowest BCUT2D eigenvalue weighted by Crippen LogP contribution is -2.65. The number of sulfonamides is 1. The summed E-state index contributed by atoms with van der Waals surface area (Å²) in [6, 6.07) is 4.49. The summed E-state index contributed by atoms with van der Waals surface area (Å²) >= 11 is 12.0. The van der Waals surface area contributed by atoms with E-state index in [2.05, 4.69) is 18.6 Å². The van der Waals surface area contributed by atoms with Crippen molar-refractivity contribution < 1.29 is 8.42 Å².